The van der Waals surface area contributed by atoms with Gasteiger partial charge in [-0.3, -0.25) is 5.41 Å². The third-order valence-electron chi connectivity index (χ3n) is 2.40. The molecule has 106 valence electrons. The van der Waals surface area contributed by atoms with Crippen LogP contribution in [0.15, 0.2) is 0 Å². The summed E-state index contributed by atoms with van der Waals surface area (Å²) in [5.74, 6) is 0. The summed E-state index contributed by atoms with van der Waals surface area (Å²) in [7, 11) is 1.47. The molecule has 1 aliphatic heterocycles. The fourth-order valence-electron chi connectivity index (χ4n) is 1.55. The molecule has 4 atom stereocenters. The van der Waals surface area contributed by atoms with Crippen molar-refractivity contribution in [3.8, 4) is 0 Å². The lowest BCUT2D eigenvalue weighted by molar-refractivity contribution is -0.198. The van der Waals surface area contributed by atoms with Gasteiger partial charge in [-0.1, -0.05) is 11.8 Å². The lowest BCUT2D eigenvalue weighted by atomic mass is 10.0. The Labute approximate surface area is 106 Å². The molecular weight excluding hydrogens is 276 g/mol. The van der Waals surface area contributed by atoms with Gasteiger partial charge in [0.25, 0.3) is 0 Å². The summed E-state index contributed by atoms with van der Waals surface area (Å²) in [6, 6.07) is 0. The zero-order valence-corrected chi connectivity index (χ0v) is 10.3. The van der Waals surface area contributed by atoms with Crippen molar-refractivity contribution < 1.29 is 27.4 Å². The highest BCUT2D eigenvalue weighted by Crippen LogP contribution is 2.34. The molecule has 0 radical (unpaired) electrons. The van der Waals surface area contributed by atoms with Gasteiger partial charge in [-0.2, -0.15) is 13.2 Å². The Morgan fingerprint density at radius 1 is 1.56 bits per heavy atom. The minimum Gasteiger partial charge on any atom is -0.387 e. The lowest BCUT2D eigenvalue weighted by Crippen LogP contribution is -2.47. The van der Waals surface area contributed by atoms with E-state index < -0.39 is 36.4 Å². The first-order valence-corrected chi connectivity index (χ1v) is 6.08. The Bertz CT molecular complexity index is 303. The Morgan fingerprint density at radius 2 is 2.17 bits per heavy atom. The lowest BCUT2D eigenvalue weighted by Gasteiger charge is -2.36. The molecule has 1 rings (SSSR count). The highest BCUT2D eigenvalue weighted by atomic mass is 32.2. The number of rotatable bonds is 2. The predicted octanol–water partition coefficient (Wildman–Crippen LogP) is 1.64. The van der Waals surface area contributed by atoms with Crippen molar-refractivity contribution in [1.29, 1.82) is 5.41 Å². The molecule has 0 amide bonds. The third-order valence-corrected chi connectivity index (χ3v) is 3.41. The second-order valence-electron chi connectivity index (χ2n) is 3.86. The number of halogens is 4. The van der Waals surface area contributed by atoms with Crippen LogP contribution in [0.4, 0.5) is 17.6 Å². The average molecular weight is 290 g/mol. The van der Waals surface area contributed by atoms with E-state index in [1.54, 1.807) is 0 Å². The fraction of sp³-hybridized carbons (Fsp3) is 0.889. The van der Waals surface area contributed by atoms with E-state index in [1.165, 1.54) is 7.05 Å². The standard InChI is InChI=1S/C9H14F4N2O2S/c1-15-8(14)18-6-2-4(10)7(16)5(17-6)3-9(11,12)13/h4-7,16H,2-3H2,1H3,(H2,14,15)/t4-,5+,6+,7-/m0/s1. The van der Waals surface area contributed by atoms with Crippen LogP contribution in [0.5, 0.6) is 0 Å². The van der Waals surface area contributed by atoms with Crippen LogP contribution in [-0.4, -0.2) is 47.3 Å². The van der Waals surface area contributed by atoms with E-state index in [2.05, 4.69) is 5.32 Å². The molecule has 9 heteroatoms. The van der Waals surface area contributed by atoms with Gasteiger partial charge in [-0.15, -0.1) is 0 Å². The summed E-state index contributed by atoms with van der Waals surface area (Å²) >= 11 is 0.788. The second kappa shape index (κ2) is 6.07. The average Bonchev–Trinajstić information content (AvgIpc) is 2.23. The maximum atomic E-state index is 13.4. The second-order valence-corrected chi connectivity index (χ2v) is 5.03. The number of aliphatic hydroxyl groups is 1. The van der Waals surface area contributed by atoms with E-state index in [4.69, 9.17) is 10.1 Å². The number of amidine groups is 1. The molecule has 0 spiro atoms. The van der Waals surface area contributed by atoms with Crippen molar-refractivity contribution in [3.05, 3.63) is 0 Å². The number of alkyl halides is 4. The molecule has 0 aliphatic carbocycles. The summed E-state index contributed by atoms with van der Waals surface area (Å²) in [5.41, 5.74) is -0.907. The molecule has 0 saturated carbocycles. The van der Waals surface area contributed by atoms with Crippen molar-refractivity contribution in [3.63, 3.8) is 0 Å². The molecule has 0 aromatic heterocycles. The van der Waals surface area contributed by atoms with E-state index in [0.717, 1.165) is 11.8 Å². The Hall–Kier alpha value is -0.540. The molecule has 0 bridgehead atoms. The van der Waals surface area contributed by atoms with Crippen LogP contribution < -0.4 is 5.32 Å². The van der Waals surface area contributed by atoms with Crippen LogP contribution in [0.2, 0.25) is 0 Å². The quantitative estimate of drug-likeness (QED) is 0.411. The number of aliphatic hydroxyl groups excluding tert-OH is 1. The SMILES string of the molecule is CNC(=N)S[C@@H]1C[C@H](F)[C@H](O)[C@@H](CC(F)(F)F)O1. The molecule has 0 aromatic rings. The first-order chi connectivity index (χ1) is 8.23. The van der Waals surface area contributed by atoms with E-state index in [0.29, 0.717) is 0 Å². The monoisotopic (exact) mass is 290 g/mol. The highest BCUT2D eigenvalue weighted by Gasteiger charge is 2.44. The largest absolute Gasteiger partial charge is 0.391 e. The van der Waals surface area contributed by atoms with E-state index >= 15 is 0 Å². The normalized spacial score (nSPS) is 33.2. The molecular formula is C9H14F4N2O2S. The number of nitrogens with one attached hydrogen (secondary N) is 2. The van der Waals surface area contributed by atoms with Crippen LogP contribution in [-0.2, 0) is 4.74 Å². The van der Waals surface area contributed by atoms with Crippen LogP contribution >= 0.6 is 11.8 Å². The van der Waals surface area contributed by atoms with Gasteiger partial charge in [0, 0.05) is 13.5 Å². The molecule has 0 unspecified atom stereocenters. The third kappa shape index (κ3) is 4.62. The molecule has 1 heterocycles. The van der Waals surface area contributed by atoms with Crippen molar-refractivity contribution in [2.24, 2.45) is 0 Å². The molecule has 3 N–H and O–H groups in total. The van der Waals surface area contributed by atoms with Crippen LogP contribution in [0.1, 0.15) is 12.8 Å². The summed E-state index contributed by atoms with van der Waals surface area (Å²) in [6.07, 6.45) is -11.4. The van der Waals surface area contributed by atoms with E-state index in [-0.39, 0.29) is 11.6 Å². The van der Waals surface area contributed by atoms with Crippen LogP contribution in [0.25, 0.3) is 0 Å². The van der Waals surface area contributed by atoms with E-state index in [1.807, 2.05) is 0 Å². The number of ether oxygens (including phenoxy) is 1. The molecule has 1 aliphatic rings. The van der Waals surface area contributed by atoms with Gasteiger partial charge in [0.1, 0.15) is 17.7 Å². The molecule has 1 fully saturated rings. The van der Waals surface area contributed by atoms with Gasteiger partial charge in [0.15, 0.2) is 5.17 Å². The zero-order chi connectivity index (χ0) is 13.9. The molecule has 4 nitrogen and oxygen atoms in total. The van der Waals surface area contributed by atoms with Gasteiger partial charge >= 0.3 is 6.18 Å². The van der Waals surface area contributed by atoms with Gasteiger partial charge in [0.2, 0.25) is 0 Å². The number of hydrogen-bond donors (Lipinski definition) is 3. The summed E-state index contributed by atoms with van der Waals surface area (Å²) in [5, 5.41) is 19.1. The minimum atomic E-state index is -4.53. The minimum absolute atomic E-state index is 0.0330. The first kappa shape index (κ1) is 15.5. The van der Waals surface area contributed by atoms with Gasteiger partial charge in [-0.05, 0) is 0 Å². The Balaban J connectivity index is 2.63. The van der Waals surface area contributed by atoms with Crippen molar-refractivity contribution >= 4 is 16.9 Å². The summed E-state index contributed by atoms with van der Waals surface area (Å²) in [6.45, 7) is 0. The maximum absolute atomic E-state index is 13.4. The fourth-order valence-corrected chi connectivity index (χ4v) is 2.41. The first-order valence-electron chi connectivity index (χ1n) is 5.20. The van der Waals surface area contributed by atoms with Crippen LogP contribution in [0, 0.1) is 5.41 Å². The summed E-state index contributed by atoms with van der Waals surface area (Å²) in [4.78, 5) is 0. The van der Waals surface area contributed by atoms with Crippen molar-refractivity contribution in [2.75, 3.05) is 7.05 Å². The van der Waals surface area contributed by atoms with Crippen LogP contribution in [0.3, 0.4) is 0 Å². The number of thioether (sulfide) groups is 1. The predicted molar refractivity (Wildman–Crippen MR) is 59.2 cm³/mol. The Morgan fingerprint density at radius 3 is 2.67 bits per heavy atom. The summed E-state index contributed by atoms with van der Waals surface area (Å²) < 4.78 is 55.1. The molecule has 0 aromatic carbocycles. The van der Waals surface area contributed by atoms with Gasteiger partial charge < -0.3 is 15.2 Å². The molecule has 1 saturated heterocycles. The molecule has 18 heavy (non-hydrogen) atoms. The zero-order valence-electron chi connectivity index (χ0n) is 9.50. The van der Waals surface area contributed by atoms with Crippen molar-refractivity contribution in [1.82, 2.24) is 5.32 Å². The smallest absolute Gasteiger partial charge is 0.387 e. The number of hydrogen-bond acceptors (Lipinski definition) is 4. The van der Waals surface area contributed by atoms with Crippen molar-refractivity contribution in [2.45, 2.75) is 42.8 Å². The van der Waals surface area contributed by atoms with Gasteiger partial charge in [-0.25, -0.2) is 4.39 Å². The maximum Gasteiger partial charge on any atom is 0.391 e. The Kier molecular flexibility index (Phi) is 5.23. The van der Waals surface area contributed by atoms with Gasteiger partial charge in [0.05, 0.1) is 12.5 Å². The van der Waals surface area contributed by atoms with E-state index in [9.17, 15) is 22.7 Å². The topological polar surface area (TPSA) is 65.3 Å². The highest BCUT2D eigenvalue weighted by molar-refractivity contribution is 8.14.